The quantitative estimate of drug-likeness (QED) is 0.596. The average Bonchev–Trinajstić information content (AvgIpc) is 2.74. The molecule has 1 atom stereocenters. The fourth-order valence-corrected chi connectivity index (χ4v) is 2.28. The molecule has 1 saturated heterocycles. The van der Waals surface area contributed by atoms with Gasteiger partial charge in [-0.15, -0.1) is 0 Å². The molecule has 0 aromatic rings. The van der Waals surface area contributed by atoms with Crippen molar-refractivity contribution in [2.75, 3.05) is 19.6 Å². The summed E-state index contributed by atoms with van der Waals surface area (Å²) in [4.78, 5) is 22.5. The Kier molecular flexibility index (Phi) is 4.93. The van der Waals surface area contributed by atoms with Crippen LogP contribution in [0.25, 0.3) is 0 Å². The Balaban J connectivity index is 2.42. The molecule has 1 unspecified atom stereocenters. The van der Waals surface area contributed by atoms with Crippen LogP contribution in [0.1, 0.15) is 33.1 Å². The summed E-state index contributed by atoms with van der Waals surface area (Å²) in [7, 11) is 0. The van der Waals surface area contributed by atoms with Crippen molar-refractivity contribution in [2.24, 2.45) is 11.3 Å². The van der Waals surface area contributed by atoms with E-state index in [-0.39, 0.29) is 23.7 Å². The Morgan fingerprint density at radius 3 is 2.65 bits per heavy atom. The van der Waals surface area contributed by atoms with E-state index in [1.165, 1.54) is 0 Å². The summed E-state index contributed by atoms with van der Waals surface area (Å²) in [6.45, 7) is 6.16. The molecule has 1 heterocycles. The van der Waals surface area contributed by atoms with Crippen molar-refractivity contribution in [1.82, 2.24) is 10.6 Å². The van der Waals surface area contributed by atoms with Gasteiger partial charge in [0.2, 0.25) is 5.91 Å². The lowest BCUT2D eigenvalue weighted by atomic mass is 9.75. The Morgan fingerprint density at radius 2 is 2.18 bits per heavy atom. The Labute approximate surface area is 102 Å². The van der Waals surface area contributed by atoms with Gasteiger partial charge in [0.1, 0.15) is 0 Å². The molecule has 1 amide bonds. The molecule has 1 aliphatic heterocycles. The first-order chi connectivity index (χ1) is 7.99. The molecule has 5 heteroatoms. The summed E-state index contributed by atoms with van der Waals surface area (Å²) in [5.41, 5.74) is -0.316. The molecule has 0 bridgehead atoms. The van der Waals surface area contributed by atoms with Crippen molar-refractivity contribution >= 4 is 11.9 Å². The van der Waals surface area contributed by atoms with Crippen LogP contribution in [0.4, 0.5) is 0 Å². The summed E-state index contributed by atoms with van der Waals surface area (Å²) in [6, 6.07) is 0. The van der Waals surface area contributed by atoms with Gasteiger partial charge < -0.3 is 15.7 Å². The van der Waals surface area contributed by atoms with Gasteiger partial charge in [0, 0.05) is 19.5 Å². The van der Waals surface area contributed by atoms with E-state index in [0.29, 0.717) is 13.0 Å². The molecule has 3 N–H and O–H groups in total. The third-order valence-electron chi connectivity index (χ3n) is 3.60. The number of hydrogen-bond acceptors (Lipinski definition) is 3. The van der Waals surface area contributed by atoms with Crippen molar-refractivity contribution in [3.8, 4) is 0 Å². The molecule has 1 aliphatic rings. The number of nitrogens with one attached hydrogen (secondary N) is 2. The third-order valence-corrected chi connectivity index (χ3v) is 3.60. The molecule has 98 valence electrons. The summed E-state index contributed by atoms with van der Waals surface area (Å²) in [6.07, 6.45) is 1.45. The second kappa shape index (κ2) is 6.00. The SMILES string of the molecule is CC(C)C1(C(=O)NCCCC(=O)O)CCNC1. The van der Waals surface area contributed by atoms with Crippen molar-refractivity contribution in [2.45, 2.75) is 33.1 Å². The smallest absolute Gasteiger partial charge is 0.303 e. The van der Waals surface area contributed by atoms with Gasteiger partial charge in [-0.2, -0.15) is 0 Å². The molecule has 0 saturated carbocycles. The van der Waals surface area contributed by atoms with E-state index >= 15 is 0 Å². The number of carboxylic acid groups (broad SMARTS) is 1. The minimum Gasteiger partial charge on any atom is -0.481 e. The van der Waals surface area contributed by atoms with Crippen molar-refractivity contribution < 1.29 is 14.7 Å². The van der Waals surface area contributed by atoms with Crippen molar-refractivity contribution in [3.05, 3.63) is 0 Å². The molecular formula is C12H22N2O3. The molecule has 0 aromatic carbocycles. The van der Waals surface area contributed by atoms with Crippen LogP contribution >= 0.6 is 0 Å². The molecule has 0 radical (unpaired) electrons. The van der Waals surface area contributed by atoms with E-state index in [0.717, 1.165) is 19.5 Å². The first-order valence-electron chi connectivity index (χ1n) is 6.20. The lowest BCUT2D eigenvalue weighted by Gasteiger charge is -2.31. The molecular weight excluding hydrogens is 220 g/mol. The Morgan fingerprint density at radius 1 is 1.47 bits per heavy atom. The highest BCUT2D eigenvalue weighted by Gasteiger charge is 2.43. The number of hydrogen-bond donors (Lipinski definition) is 3. The van der Waals surface area contributed by atoms with Gasteiger partial charge >= 0.3 is 5.97 Å². The van der Waals surface area contributed by atoms with Crippen LogP contribution < -0.4 is 10.6 Å². The fourth-order valence-electron chi connectivity index (χ4n) is 2.28. The Bertz CT molecular complexity index is 283. The van der Waals surface area contributed by atoms with Crippen LogP contribution in [0.3, 0.4) is 0 Å². The Hall–Kier alpha value is -1.10. The number of carbonyl (C=O) groups is 2. The molecule has 0 aliphatic carbocycles. The van der Waals surface area contributed by atoms with Crippen LogP contribution in [-0.4, -0.2) is 36.6 Å². The summed E-state index contributed by atoms with van der Waals surface area (Å²) >= 11 is 0. The van der Waals surface area contributed by atoms with Gasteiger partial charge in [-0.05, 0) is 25.3 Å². The van der Waals surface area contributed by atoms with Gasteiger partial charge in [-0.1, -0.05) is 13.8 Å². The van der Waals surface area contributed by atoms with Gasteiger partial charge in [-0.25, -0.2) is 0 Å². The van der Waals surface area contributed by atoms with Crippen LogP contribution in [0.5, 0.6) is 0 Å². The lowest BCUT2D eigenvalue weighted by molar-refractivity contribution is -0.137. The van der Waals surface area contributed by atoms with Gasteiger partial charge in [-0.3, -0.25) is 9.59 Å². The van der Waals surface area contributed by atoms with Crippen LogP contribution in [-0.2, 0) is 9.59 Å². The van der Waals surface area contributed by atoms with E-state index in [1.54, 1.807) is 0 Å². The lowest BCUT2D eigenvalue weighted by Crippen LogP contribution is -2.46. The predicted molar refractivity (Wildman–Crippen MR) is 64.6 cm³/mol. The normalized spacial score (nSPS) is 23.9. The second-order valence-corrected chi connectivity index (χ2v) is 4.99. The zero-order valence-corrected chi connectivity index (χ0v) is 10.6. The monoisotopic (exact) mass is 242 g/mol. The predicted octanol–water partition coefficient (Wildman–Crippen LogP) is 0.603. The minimum absolute atomic E-state index is 0.0582. The summed E-state index contributed by atoms with van der Waals surface area (Å²) < 4.78 is 0. The highest BCUT2D eigenvalue weighted by atomic mass is 16.4. The minimum atomic E-state index is -0.819. The average molecular weight is 242 g/mol. The van der Waals surface area contributed by atoms with Gasteiger partial charge in [0.25, 0.3) is 0 Å². The maximum absolute atomic E-state index is 12.2. The van der Waals surface area contributed by atoms with Crippen LogP contribution in [0.2, 0.25) is 0 Å². The van der Waals surface area contributed by atoms with Crippen LogP contribution in [0, 0.1) is 11.3 Å². The van der Waals surface area contributed by atoms with E-state index in [9.17, 15) is 9.59 Å². The van der Waals surface area contributed by atoms with Gasteiger partial charge in [0.15, 0.2) is 0 Å². The van der Waals surface area contributed by atoms with Crippen molar-refractivity contribution in [3.63, 3.8) is 0 Å². The zero-order valence-electron chi connectivity index (χ0n) is 10.6. The molecule has 0 spiro atoms. The maximum Gasteiger partial charge on any atom is 0.303 e. The molecule has 1 fully saturated rings. The zero-order chi connectivity index (χ0) is 12.9. The van der Waals surface area contributed by atoms with Crippen LogP contribution in [0.15, 0.2) is 0 Å². The van der Waals surface area contributed by atoms with E-state index < -0.39 is 5.97 Å². The van der Waals surface area contributed by atoms with E-state index in [4.69, 9.17) is 5.11 Å². The first kappa shape index (κ1) is 14.0. The molecule has 5 nitrogen and oxygen atoms in total. The first-order valence-corrected chi connectivity index (χ1v) is 6.20. The number of aliphatic carboxylic acids is 1. The molecule has 0 aromatic heterocycles. The topological polar surface area (TPSA) is 78.4 Å². The summed E-state index contributed by atoms with van der Waals surface area (Å²) in [5, 5.41) is 14.6. The fraction of sp³-hybridized carbons (Fsp3) is 0.833. The number of amides is 1. The van der Waals surface area contributed by atoms with E-state index in [1.807, 2.05) is 0 Å². The number of carbonyl (C=O) groups excluding carboxylic acids is 1. The molecule has 17 heavy (non-hydrogen) atoms. The van der Waals surface area contributed by atoms with E-state index in [2.05, 4.69) is 24.5 Å². The maximum atomic E-state index is 12.2. The highest BCUT2D eigenvalue weighted by Crippen LogP contribution is 2.34. The largest absolute Gasteiger partial charge is 0.481 e. The number of carboxylic acids is 1. The highest BCUT2D eigenvalue weighted by molar-refractivity contribution is 5.83. The summed E-state index contributed by atoms with van der Waals surface area (Å²) in [5.74, 6) is -0.472. The second-order valence-electron chi connectivity index (χ2n) is 4.99. The van der Waals surface area contributed by atoms with Gasteiger partial charge in [0.05, 0.1) is 5.41 Å². The number of rotatable bonds is 6. The molecule has 1 rings (SSSR count). The standard InChI is InChI=1S/C12H22N2O3/c1-9(2)12(5-7-13-8-12)11(17)14-6-3-4-10(15)16/h9,13H,3-8H2,1-2H3,(H,14,17)(H,15,16). The third kappa shape index (κ3) is 3.43. The van der Waals surface area contributed by atoms with Crippen molar-refractivity contribution in [1.29, 1.82) is 0 Å².